The fourth-order valence-corrected chi connectivity index (χ4v) is 5.28. The minimum absolute atomic E-state index is 0.0277. The van der Waals surface area contributed by atoms with Crippen molar-refractivity contribution in [3.8, 4) is 0 Å². The zero-order valence-corrected chi connectivity index (χ0v) is 13.0. The molecule has 4 bridgehead atoms. The maximum atomic E-state index is 11.8. The summed E-state index contributed by atoms with van der Waals surface area (Å²) in [6.45, 7) is 3.83. The van der Waals surface area contributed by atoms with Crippen LogP contribution in [0.5, 0.6) is 0 Å². The summed E-state index contributed by atoms with van der Waals surface area (Å²) in [7, 11) is 0. The van der Waals surface area contributed by atoms with Crippen molar-refractivity contribution in [3.05, 3.63) is 11.7 Å². The van der Waals surface area contributed by atoms with Gasteiger partial charge in [-0.25, -0.2) is 0 Å². The quantitative estimate of drug-likeness (QED) is 0.853. The molecule has 4 heteroatoms. The number of carbonyl (C=O) groups excluding carboxylic acids is 1. The minimum atomic E-state index is 0.0277. The molecule has 4 saturated carbocycles. The molecule has 0 radical (unpaired) electrons. The molecule has 21 heavy (non-hydrogen) atoms. The van der Waals surface area contributed by atoms with E-state index in [0.717, 1.165) is 23.6 Å². The molecule has 0 N–H and O–H groups in total. The van der Waals surface area contributed by atoms with Gasteiger partial charge < -0.3 is 4.52 Å². The van der Waals surface area contributed by atoms with Gasteiger partial charge in [0.05, 0.1) is 6.42 Å². The Labute approximate surface area is 125 Å². The Morgan fingerprint density at radius 1 is 1.19 bits per heavy atom. The van der Waals surface area contributed by atoms with Gasteiger partial charge in [-0.1, -0.05) is 19.0 Å². The maximum Gasteiger partial charge on any atom is 0.234 e. The van der Waals surface area contributed by atoms with Crippen LogP contribution in [0.15, 0.2) is 4.52 Å². The second-order valence-corrected chi connectivity index (χ2v) is 8.01. The van der Waals surface area contributed by atoms with E-state index in [9.17, 15) is 4.79 Å². The molecule has 4 aliphatic rings. The lowest BCUT2D eigenvalue weighted by molar-refractivity contribution is -0.121. The molecule has 5 rings (SSSR count). The molecular weight excluding hydrogens is 264 g/mol. The summed E-state index contributed by atoms with van der Waals surface area (Å²) in [5.74, 6) is 4.23. The first-order valence-corrected chi connectivity index (χ1v) is 8.40. The highest BCUT2D eigenvalue weighted by atomic mass is 16.5. The van der Waals surface area contributed by atoms with Crippen LogP contribution >= 0.6 is 0 Å². The summed E-state index contributed by atoms with van der Waals surface area (Å²) >= 11 is 0. The zero-order valence-electron chi connectivity index (χ0n) is 13.0. The number of nitrogens with zero attached hydrogens (tertiary/aromatic N) is 2. The van der Waals surface area contributed by atoms with Crippen LogP contribution in [0.25, 0.3) is 0 Å². The monoisotopic (exact) mass is 288 g/mol. The molecule has 0 aliphatic heterocycles. The van der Waals surface area contributed by atoms with Gasteiger partial charge in [0.25, 0.3) is 0 Å². The fourth-order valence-electron chi connectivity index (χ4n) is 5.28. The van der Waals surface area contributed by atoms with Gasteiger partial charge in [-0.15, -0.1) is 0 Å². The summed E-state index contributed by atoms with van der Waals surface area (Å²) < 4.78 is 5.39. The van der Waals surface area contributed by atoms with E-state index in [1.165, 1.54) is 38.5 Å². The van der Waals surface area contributed by atoms with Crippen LogP contribution in [0.4, 0.5) is 0 Å². The Balaban J connectivity index is 1.57. The van der Waals surface area contributed by atoms with Crippen LogP contribution in [0.3, 0.4) is 0 Å². The van der Waals surface area contributed by atoms with Crippen LogP contribution in [-0.2, 0) is 16.6 Å². The van der Waals surface area contributed by atoms with Crippen molar-refractivity contribution in [3.63, 3.8) is 0 Å². The molecule has 0 unspecified atom stereocenters. The highest BCUT2D eigenvalue weighted by Crippen LogP contribution is 2.60. The van der Waals surface area contributed by atoms with E-state index in [1.54, 1.807) is 0 Å². The van der Waals surface area contributed by atoms with Gasteiger partial charge in [-0.2, -0.15) is 4.98 Å². The Morgan fingerprint density at radius 3 is 2.29 bits per heavy atom. The van der Waals surface area contributed by atoms with Crippen LogP contribution < -0.4 is 0 Å². The molecule has 114 valence electrons. The fraction of sp³-hybridized carbons (Fsp3) is 0.824. The SMILES string of the molecule is CC(C)C(=O)Cc1nc(C23CC4CC(CC(C4)C2)C3)no1. The number of rotatable bonds is 4. The maximum absolute atomic E-state index is 11.8. The van der Waals surface area contributed by atoms with Gasteiger partial charge in [0.2, 0.25) is 5.89 Å². The first kappa shape index (κ1) is 13.5. The van der Waals surface area contributed by atoms with E-state index < -0.39 is 0 Å². The van der Waals surface area contributed by atoms with E-state index in [-0.39, 0.29) is 23.5 Å². The Morgan fingerprint density at radius 2 is 1.76 bits per heavy atom. The second-order valence-electron chi connectivity index (χ2n) is 8.01. The minimum Gasteiger partial charge on any atom is -0.339 e. The summed E-state index contributed by atoms with van der Waals surface area (Å²) in [5.41, 5.74) is 0.164. The van der Waals surface area contributed by atoms with Crippen molar-refractivity contribution in [2.75, 3.05) is 0 Å². The third-order valence-corrected chi connectivity index (χ3v) is 5.95. The summed E-state index contributed by atoms with van der Waals surface area (Å²) in [6.07, 6.45) is 8.22. The highest BCUT2D eigenvalue weighted by molar-refractivity contribution is 5.81. The molecule has 0 amide bonds. The molecule has 4 aliphatic carbocycles. The Kier molecular flexibility index (Phi) is 2.98. The van der Waals surface area contributed by atoms with Crippen molar-refractivity contribution in [2.24, 2.45) is 23.7 Å². The zero-order chi connectivity index (χ0) is 14.6. The summed E-state index contributed by atoms with van der Waals surface area (Å²) in [4.78, 5) is 16.5. The number of ketones is 1. The molecule has 1 aromatic heterocycles. The molecular formula is C17H24N2O2. The second kappa shape index (κ2) is 4.65. The predicted molar refractivity (Wildman–Crippen MR) is 77.7 cm³/mol. The molecule has 4 nitrogen and oxygen atoms in total. The van der Waals surface area contributed by atoms with Gasteiger partial charge in [0.1, 0.15) is 5.78 Å². The standard InChI is InChI=1S/C17H24N2O2/c1-10(2)14(20)6-15-18-16(19-21-15)17-7-11-3-12(8-17)5-13(4-11)9-17/h10-13H,3-9H2,1-2H3. The lowest BCUT2D eigenvalue weighted by Gasteiger charge is -2.55. The average molecular weight is 288 g/mol. The molecule has 1 aromatic rings. The first-order valence-electron chi connectivity index (χ1n) is 8.40. The van der Waals surface area contributed by atoms with Crippen LogP contribution in [0.2, 0.25) is 0 Å². The number of hydrogen-bond acceptors (Lipinski definition) is 4. The Hall–Kier alpha value is -1.19. The van der Waals surface area contributed by atoms with Crippen molar-refractivity contribution in [1.29, 1.82) is 0 Å². The van der Waals surface area contributed by atoms with Crippen molar-refractivity contribution in [2.45, 2.75) is 64.2 Å². The molecule has 0 saturated heterocycles. The van der Waals surface area contributed by atoms with Crippen LogP contribution in [0, 0.1) is 23.7 Å². The first-order chi connectivity index (χ1) is 10.0. The van der Waals surface area contributed by atoms with Crippen LogP contribution in [-0.4, -0.2) is 15.9 Å². The summed E-state index contributed by atoms with van der Waals surface area (Å²) in [6, 6.07) is 0. The van der Waals surface area contributed by atoms with E-state index in [4.69, 9.17) is 4.52 Å². The number of hydrogen-bond donors (Lipinski definition) is 0. The van der Waals surface area contributed by atoms with Crippen molar-refractivity contribution >= 4 is 5.78 Å². The van der Waals surface area contributed by atoms with Crippen LogP contribution in [0.1, 0.15) is 64.1 Å². The van der Waals surface area contributed by atoms with E-state index in [0.29, 0.717) is 5.89 Å². The van der Waals surface area contributed by atoms with Gasteiger partial charge in [-0.3, -0.25) is 4.79 Å². The predicted octanol–water partition coefficient (Wildman–Crippen LogP) is 3.31. The molecule has 1 heterocycles. The topological polar surface area (TPSA) is 56.0 Å². The van der Waals surface area contributed by atoms with Crippen molar-refractivity contribution in [1.82, 2.24) is 10.1 Å². The van der Waals surface area contributed by atoms with E-state index in [2.05, 4.69) is 10.1 Å². The number of Topliss-reactive ketones (excluding diaryl/α,β-unsaturated/α-hetero) is 1. The lowest BCUT2D eigenvalue weighted by Crippen LogP contribution is -2.49. The van der Waals surface area contributed by atoms with E-state index in [1.807, 2.05) is 13.8 Å². The van der Waals surface area contributed by atoms with Gasteiger partial charge in [-0.05, 0) is 56.3 Å². The third-order valence-electron chi connectivity index (χ3n) is 5.95. The number of carbonyl (C=O) groups is 1. The van der Waals surface area contributed by atoms with Gasteiger partial charge >= 0.3 is 0 Å². The van der Waals surface area contributed by atoms with Crippen molar-refractivity contribution < 1.29 is 9.32 Å². The molecule has 0 aromatic carbocycles. The Bertz CT molecular complexity index is 526. The van der Waals surface area contributed by atoms with Gasteiger partial charge in [0, 0.05) is 11.3 Å². The number of aromatic nitrogens is 2. The average Bonchev–Trinajstić information content (AvgIpc) is 2.86. The normalized spacial score (nSPS) is 37.4. The molecule has 4 fully saturated rings. The smallest absolute Gasteiger partial charge is 0.234 e. The largest absolute Gasteiger partial charge is 0.339 e. The van der Waals surface area contributed by atoms with E-state index >= 15 is 0 Å². The third kappa shape index (κ3) is 2.23. The highest BCUT2D eigenvalue weighted by Gasteiger charge is 2.53. The summed E-state index contributed by atoms with van der Waals surface area (Å²) in [5, 5.41) is 4.28. The molecule has 0 atom stereocenters. The van der Waals surface area contributed by atoms with Gasteiger partial charge in [0.15, 0.2) is 5.82 Å². The lowest BCUT2D eigenvalue weighted by atomic mass is 9.49. The molecule has 0 spiro atoms.